The number of carbonyl (C=O) groups excluding carboxylic acids is 1. The second kappa shape index (κ2) is 7.77. The Bertz CT molecular complexity index is 923. The molecule has 126 valence electrons. The SMILES string of the molecule is O=C(CNc1ccc2ccccc2c1)N/N=C/c1c(F)cccc1Cl. The Kier molecular flexibility index (Phi) is 5.26. The van der Waals surface area contributed by atoms with Crippen LogP contribution in [0.3, 0.4) is 0 Å². The third-order valence-electron chi connectivity index (χ3n) is 3.59. The number of fused-ring (bicyclic) bond motifs is 1. The number of hydrogen-bond acceptors (Lipinski definition) is 3. The zero-order valence-corrected chi connectivity index (χ0v) is 13.9. The Balaban J connectivity index is 1.56. The van der Waals surface area contributed by atoms with Gasteiger partial charge in [0, 0.05) is 11.3 Å². The largest absolute Gasteiger partial charge is 0.376 e. The van der Waals surface area contributed by atoms with Gasteiger partial charge in [0.1, 0.15) is 5.82 Å². The molecule has 0 aliphatic carbocycles. The molecular formula is C19H15ClFN3O. The molecule has 3 aromatic rings. The Morgan fingerprint density at radius 3 is 2.68 bits per heavy atom. The highest BCUT2D eigenvalue weighted by molar-refractivity contribution is 6.33. The van der Waals surface area contributed by atoms with Crippen LogP contribution >= 0.6 is 11.6 Å². The smallest absolute Gasteiger partial charge is 0.259 e. The summed E-state index contributed by atoms with van der Waals surface area (Å²) >= 11 is 5.88. The number of halogens is 2. The van der Waals surface area contributed by atoms with Gasteiger partial charge in [0.25, 0.3) is 5.91 Å². The second-order valence-electron chi connectivity index (χ2n) is 5.34. The fourth-order valence-electron chi connectivity index (χ4n) is 2.32. The van der Waals surface area contributed by atoms with E-state index in [2.05, 4.69) is 15.8 Å². The van der Waals surface area contributed by atoms with Crippen molar-refractivity contribution < 1.29 is 9.18 Å². The summed E-state index contributed by atoms with van der Waals surface area (Å²) in [5.74, 6) is -0.850. The normalized spacial score (nSPS) is 11.0. The molecule has 0 bridgehead atoms. The van der Waals surface area contributed by atoms with E-state index in [1.54, 1.807) is 6.07 Å². The molecule has 0 aliphatic rings. The Labute approximate surface area is 149 Å². The van der Waals surface area contributed by atoms with Crippen molar-refractivity contribution in [3.05, 3.63) is 77.1 Å². The maximum Gasteiger partial charge on any atom is 0.259 e. The maximum atomic E-state index is 13.6. The highest BCUT2D eigenvalue weighted by Gasteiger charge is 2.04. The Hall–Kier alpha value is -2.92. The number of hydrogen-bond donors (Lipinski definition) is 2. The van der Waals surface area contributed by atoms with Crippen molar-refractivity contribution >= 4 is 40.2 Å². The lowest BCUT2D eigenvalue weighted by atomic mass is 10.1. The lowest BCUT2D eigenvalue weighted by Crippen LogP contribution is -2.25. The van der Waals surface area contributed by atoms with E-state index in [1.165, 1.54) is 18.3 Å². The maximum absolute atomic E-state index is 13.6. The lowest BCUT2D eigenvalue weighted by molar-refractivity contribution is -0.119. The lowest BCUT2D eigenvalue weighted by Gasteiger charge is -2.07. The van der Waals surface area contributed by atoms with E-state index in [0.29, 0.717) is 0 Å². The van der Waals surface area contributed by atoms with Gasteiger partial charge in [-0.2, -0.15) is 5.10 Å². The van der Waals surface area contributed by atoms with Crippen molar-refractivity contribution in [2.24, 2.45) is 5.10 Å². The zero-order chi connectivity index (χ0) is 17.6. The van der Waals surface area contributed by atoms with E-state index < -0.39 is 5.82 Å². The number of amides is 1. The molecule has 0 radical (unpaired) electrons. The van der Waals surface area contributed by atoms with Crippen LogP contribution in [0, 0.1) is 5.82 Å². The molecule has 25 heavy (non-hydrogen) atoms. The summed E-state index contributed by atoms with van der Waals surface area (Å²) in [6.45, 7) is 0.0423. The van der Waals surface area contributed by atoms with Crippen molar-refractivity contribution in [2.75, 3.05) is 11.9 Å². The molecule has 6 heteroatoms. The first kappa shape index (κ1) is 16.9. The number of carbonyl (C=O) groups is 1. The third-order valence-corrected chi connectivity index (χ3v) is 3.91. The summed E-state index contributed by atoms with van der Waals surface area (Å²) in [4.78, 5) is 11.8. The Morgan fingerprint density at radius 2 is 1.88 bits per heavy atom. The minimum Gasteiger partial charge on any atom is -0.376 e. The predicted octanol–water partition coefficient (Wildman–Crippen LogP) is 4.19. The summed E-state index contributed by atoms with van der Waals surface area (Å²) in [6, 6.07) is 18.1. The van der Waals surface area contributed by atoms with E-state index in [-0.39, 0.29) is 23.0 Å². The number of nitrogens with one attached hydrogen (secondary N) is 2. The monoisotopic (exact) mass is 355 g/mol. The van der Waals surface area contributed by atoms with E-state index in [4.69, 9.17) is 11.6 Å². The average Bonchev–Trinajstić information content (AvgIpc) is 2.62. The molecular weight excluding hydrogens is 341 g/mol. The van der Waals surface area contributed by atoms with Crippen LogP contribution in [0.4, 0.5) is 10.1 Å². The fourth-order valence-corrected chi connectivity index (χ4v) is 2.54. The van der Waals surface area contributed by atoms with Gasteiger partial charge in [-0.1, -0.05) is 48.0 Å². The van der Waals surface area contributed by atoms with Crippen LogP contribution in [0.25, 0.3) is 10.8 Å². The van der Waals surface area contributed by atoms with Crippen molar-refractivity contribution in [3.63, 3.8) is 0 Å². The number of anilines is 1. The summed E-state index contributed by atoms with van der Waals surface area (Å²) in [5, 5.41) is 9.20. The molecule has 0 unspecified atom stereocenters. The van der Waals surface area contributed by atoms with Crippen LogP contribution in [0.1, 0.15) is 5.56 Å². The molecule has 0 saturated carbocycles. The van der Waals surface area contributed by atoms with Crippen molar-refractivity contribution in [3.8, 4) is 0 Å². The van der Waals surface area contributed by atoms with E-state index >= 15 is 0 Å². The van der Waals surface area contributed by atoms with Crippen LogP contribution in [0.15, 0.2) is 65.8 Å². The van der Waals surface area contributed by atoms with Crippen LogP contribution in [0.5, 0.6) is 0 Å². The van der Waals surface area contributed by atoms with Gasteiger partial charge in [0.05, 0.1) is 17.8 Å². The highest BCUT2D eigenvalue weighted by atomic mass is 35.5. The molecule has 0 heterocycles. The molecule has 0 aliphatic heterocycles. The van der Waals surface area contributed by atoms with E-state index in [9.17, 15) is 9.18 Å². The summed E-state index contributed by atoms with van der Waals surface area (Å²) < 4.78 is 13.6. The van der Waals surface area contributed by atoms with Gasteiger partial charge in [0.15, 0.2) is 0 Å². The molecule has 0 saturated heterocycles. The minimum absolute atomic E-state index is 0.0423. The summed E-state index contributed by atoms with van der Waals surface area (Å²) in [6.07, 6.45) is 1.19. The van der Waals surface area contributed by atoms with Gasteiger partial charge in [-0.25, -0.2) is 9.82 Å². The molecule has 1 amide bonds. The van der Waals surface area contributed by atoms with Gasteiger partial charge in [-0.3, -0.25) is 4.79 Å². The van der Waals surface area contributed by atoms with Crippen molar-refractivity contribution in [1.82, 2.24) is 5.43 Å². The van der Waals surface area contributed by atoms with Gasteiger partial charge < -0.3 is 5.32 Å². The first-order valence-corrected chi connectivity index (χ1v) is 8.00. The molecule has 0 aromatic heterocycles. The van der Waals surface area contributed by atoms with Crippen molar-refractivity contribution in [2.45, 2.75) is 0 Å². The standard InChI is InChI=1S/C19H15ClFN3O/c20-17-6-3-7-18(21)16(17)11-23-24-19(25)12-22-15-9-8-13-4-1-2-5-14(13)10-15/h1-11,22H,12H2,(H,24,25)/b23-11+. The van der Waals surface area contributed by atoms with Gasteiger partial charge >= 0.3 is 0 Å². The van der Waals surface area contributed by atoms with Crippen LogP contribution in [-0.4, -0.2) is 18.7 Å². The van der Waals surface area contributed by atoms with Crippen LogP contribution < -0.4 is 10.7 Å². The molecule has 3 rings (SSSR count). The first-order valence-electron chi connectivity index (χ1n) is 7.62. The van der Waals surface area contributed by atoms with Crippen LogP contribution in [0.2, 0.25) is 5.02 Å². The quantitative estimate of drug-likeness (QED) is 0.532. The average molecular weight is 356 g/mol. The van der Waals surface area contributed by atoms with Gasteiger partial charge in [0.2, 0.25) is 0 Å². The second-order valence-corrected chi connectivity index (χ2v) is 5.75. The van der Waals surface area contributed by atoms with Gasteiger partial charge in [-0.15, -0.1) is 0 Å². The number of nitrogens with zero attached hydrogens (tertiary/aromatic N) is 1. The fraction of sp³-hybridized carbons (Fsp3) is 0.0526. The molecule has 2 N–H and O–H groups in total. The predicted molar refractivity (Wildman–Crippen MR) is 99.6 cm³/mol. The van der Waals surface area contributed by atoms with Gasteiger partial charge in [-0.05, 0) is 35.0 Å². The first-order chi connectivity index (χ1) is 12.1. The summed E-state index contributed by atoms with van der Waals surface area (Å²) in [5.41, 5.74) is 3.30. The molecule has 0 fully saturated rings. The molecule has 0 spiro atoms. The number of rotatable bonds is 5. The number of benzene rings is 3. The van der Waals surface area contributed by atoms with E-state index in [1.807, 2.05) is 42.5 Å². The molecule has 3 aromatic carbocycles. The van der Waals surface area contributed by atoms with Crippen LogP contribution in [-0.2, 0) is 4.79 Å². The topological polar surface area (TPSA) is 53.5 Å². The molecule has 4 nitrogen and oxygen atoms in total. The zero-order valence-electron chi connectivity index (χ0n) is 13.2. The highest BCUT2D eigenvalue weighted by Crippen LogP contribution is 2.18. The van der Waals surface area contributed by atoms with E-state index in [0.717, 1.165) is 16.5 Å². The Morgan fingerprint density at radius 1 is 1.08 bits per heavy atom. The number of hydrazone groups is 1. The minimum atomic E-state index is -0.500. The third kappa shape index (κ3) is 4.33. The summed E-state index contributed by atoms with van der Waals surface area (Å²) in [7, 11) is 0. The van der Waals surface area contributed by atoms with Crippen molar-refractivity contribution in [1.29, 1.82) is 0 Å². The molecule has 0 atom stereocenters.